The molecule has 2 heterocycles. The van der Waals surface area contributed by atoms with Crippen LogP contribution in [0.5, 0.6) is 0 Å². The predicted molar refractivity (Wildman–Crippen MR) is 69.8 cm³/mol. The maximum absolute atomic E-state index is 12.1. The minimum atomic E-state index is -1.01. The van der Waals surface area contributed by atoms with Crippen molar-refractivity contribution in [3.05, 3.63) is 22.4 Å². The van der Waals surface area contributed by atoms with Crippen molar-refractivity contribution in [2.45, 2.75) is 18.6 Å². The quantitative estimate of drug-likeness (QED) is 0.819. The first-order valence-electron chi connectivity index (χ1n) is 5.85. The van der Waals surface area contributed by atoms with E-state index in [1.54, 1.807) is 11.8 Å². The van der Waals surface area contributed by atoms with Crippen LogP contribution in [-0.4, -0.2) is 47.2 Å². The van der Waals surface area contributed by atoms with Gasteiger partial charge in [-0.05, 0) is 18.4 Å². The van der Waals surface area contributed by atoms with E-state index in [1.807, 2.05) is 17.5 Å². The summed E-state index contributed by atoms with van der Waals surface area (Å²) < 4.78 is 5.25. The minimum absolute atomic E-state index is 0.154. The van der Waals surface area contributed by atoms with Gasteiger partial charge in [-0.2, -0.15) is 0 Å². The van der Waals surface area contributed by atoms with Crippen LogP contribution < -0.4 is 5.73 Å². The lowest BCUT2D eigenvalue weighted by Gasteiger charge is -2.47. The van der Waals surface area contributed by atoms with Gasteiger partial charge in [0.1, 0.15) is 18.2 Å². The van der Waals surface area contributed by atoms with Crippen molar-refractivity contribution in [2.75, 3.05) is 19.7 Å². The molecule has 1 aromatic heterocycles. The number of carbonyl (C=O) groups is 2. The summed E-state index contributed by atoms with van der Waals surface area (Å²) in [7, 11) is 0. The number of amides is 1. The van der Waals surface area contributed by atoms with Crippen LogP contribution in [0.15, 0.2) is 17.5 Å². The van der Waals surface area contributed by atoms with Gasteiger partial charge < -0.3 is 20.5 Å². The molecule has 6 nitrogen and oxygen atoms in total. The van der Waals surface area contributed by atoms with Gasteiger partial charge in [0, 0.05) is 4.88 Å². The molecule has 0 aromatic carbocycles. The van der Waals surface area contributed by atoms with Gasteiger partial charge in [-0.1, -0.05) is 6.07 Å². The van der Waals surface area contributed by atoms with E-state index in [-0.39, 0.29) is 12.5 Å². The third-order valence-corrected chi connectivity index (χ3v) is 3.98. The summed E-state index contributed by atoms with van der Waals surface area (Å²) in [6.07, 6.45) is 0. The van der Waals surface area contributed by atoms with Gasteiger partial charge in [-0.15, -0.1) is 11.3 Å². The highest BCUT2D eigenvalue weighted by molar-refractivity contribution is 7.10. The molecule has 0 saturated carbocycles. The summed E-state index contributed by atoms with van der Waals surface area (Å²) >= 11 is 1.44. The highest BCUT2D eigenvalue weighted by Crippen LogP contribution is 2.28. The molecule has 1 atom stereocenters. The Balaban J connectivity index is 1.86. The molecule has 1 saturated heterocycles. The Bertz CT molecular complexity index is 468. The van der Waals surface area contributed by atoms with E-state index < -0.39 is 17.6 Å². The predicted octanol–water partition coefficient (Wildman–Crippen LogP) is 0.450. The van der Waals surface area contributed by atoms with Gasteiger partial charge >= 0.3 is 5.97 Å². The number of nitrogens with two attached hydrogens (primary N) is 1. The van der Waals surface area contributed by atoms with E-state index in [4.69, 9.17) is 15.6 Å². The monoisotopic (exact) mass is 284 g/mol. The number of ether oxygens (including phenoxy) is 1. The summed E-state index contributed by atoms with van der Waals surface area (Å²) in [5.41, 5.74) is 5.31. The van der Waals surface area contributed by atoms with Crippen LogP contribution in [0.25, 0.3) is 0 Å². The van der Waals surface area contributed by atoms with Crippen LogP contribution in [0.3, 0.4) is 0 Å². The first kappa shape index (κ1) is 14.0. The number of carboxylic acid groups (broad SMARTS) is 1. The molecular weight excluding hydrogens is 268 g/mol. The number of aliphatic carboxylic acids is 1. The molecule has 19 heavy (non-hydrogen) atoms. The van der Waals surface area contributed by atoms with Crippen LogP contribution in [0.1, 0.15) is 17.8 Å². The van der Waals surface area contributed by atoms with Gasteiger partial charge in [-0.3, -0.25) is 4.79 Å². The summed E-state index contributed by atoms with van der Waals surface area (Å²) in [5.74, 6) is -1.17. The fraction of sp³-hybridized carbons (Fsp3) is 0.500. The lowest BCUT2D eigenvalue weighted by atomic mass is 9.95. The van der Waals surface area contributed by atoms with Crippen LogP contribution >= 0.6 is 11.3 Å². The molecule has 1 fully saturated rings. The molecule has 0 aliphatic carbocycles. The zero-order chi connectivity index (χ0) is 14.0. The number of hydrogen-bond acceptors (Lipinski definition) is 5. The molecule has 1 aliphatic heterocycles. The van der Waals surface area contributed by atoms with Crippen molar-refractivity contribution < 1.29 is 19.4 Å². The second kappa shape index (κ2) is 5.28. The van der Waals surface area contributed by atoms with Crippen molar-refractivity contribution in [1.29, 1.82) is 0 Å². The zero-order valence-electron chi connectivity index (χ0n) is 10.5. The van der Waals surface area contributed by atoms with Gasteiger partial charge in [-0.25, -0.2) is 4.79 Å². The molecule has 7 heteroatoms. The SMILES string of the molecule is CC1(OCC(=O)O)CN(C(=O)C(N)c2cccs2)C1. The van der Waals surface area contributed by atoms with Crippen LogP contribution in [0.4, 0.5) is 0 Å². The fourth-order valence-corrected chi connectivity index (χ4v) is 2.75. The molecule has 104 valence electrons. The fourth-order valence-electron chi connectivity index (χ4n) is 2.03. The molecule has 3 N–H and O–H groups in total. The zero-order valence-corrected chi connectivity index (χ0v) is 11.4. The molecule has 1 aromatic rings. The van der Waals surface area contributed by atoms with Crippen molar-refractivity contribution in [3.8, 4) is 0 Å². The normalized spacial score (nSPS) is 18.7. The van der Waals surface area contributed by atoms with Gasteiger partial charge in [0.2, 0.25) is 5.91 Å². The average molecular weight is 284 g/mol. The second-order valence-electron chi connectivity index (χ2n) is 4.82. The highest BCUT2D eigenvalue weighted by Gasteiger charge is 2.44. The maximum atomic E-state index is 12.1. The van der Waals surface area contributed by atoms with Crippen molar-refractivity contribution in [2.24, 2.45) is 5.73 Å². The van der Waals surface area contributed by atoms with Gasteiger partial charge in [0.05, 0.1) is 13.1 Å². The number of rotatable bonds is 5. The van der Waals surface area contributed by atoms with E-state index in [1.165, 1.54) is 11.3 Å². The van der Waals surface area contributed by atoms with Crippen LogP contribution in [-0.2, 0) is 14.3 Å². The average Bonchev–Trinajstić information content (AvgIpc) is 2.84. The third-order valence-electron chi connectivity index (χ3n) is 3.02. The van der Waals surface area contributed by atoms with Gasteiger partial charge in [0.15, 0.2) is 0 Å². The highest BCUT2D eigenvalue weighted by atomic mass is 32.1. The topological polar surface area (TPSA) is 92.9 Å². The van der Waals surface area contributed by atoms with E-state index in [0.717, 1.165) is 4.88 Å². The van der Waals surface area contributed by atoms with Crippen LogP contribution in [0.2, 0.25) is 0 Å². The Morgan fingerprint density at radius 1 is 1.63 bits per heavy atom. The van der Waals surface area contributed by atoms with Crippen LogP contribution in [0, 0.1) is 0 Å². The van der Waals surface area contributed by atoms with E-state index >= 15 is 0 Å². The molecule has 0 bridgehead atoms. The van der Waals surface area contributed by atoms with Gasteiger partial charge in [0.25, 0.3) is 0 Å². The Kier molecular flexibility index (Phi) is 3.88. The minimum Gasteiger partial charge on any atom is -0.480 e. The summed E-state index contributed by atoms with van der Waals surface area (Å²) in [4.78, 5) is 24.9. The number of nitrogens with zero attached hydrogens (tertiary/aromatic N) is 1. The Labute approximate surface area is 114 Å². The summed E-state index contributed by atoms with van der Waals surface area (Å²) in [6, 6.07) is 3.03. The Morgan fingerprint density at radius 3 is 2.84 bits per heavy atom. The smallest absolute Gasteiger partial charge is 0.329 e. The molecule has 1 aliphatic rings. The summed E-state index contributed by atoms with van der Waals surface area (Å²) in [5, 5.41) is 10.4. The van der Waals surface area contributed by atoms with Crippen molar-refractivity contribution in [1.82, 2.24) is 4.90 Å². The standard InChI is InChI=1S/C12H16N2O4S/c1-12(18-5-9(15)16)6-14(7-12)11(17)10(13)8-3-2-4-19-8/h2-4,10H,5-7,13H2,1H3,(H,15,16). The third kappa shape index (κ3) is 3.12. The molecule has 0 radical (unpaired) electrons. The maximum Gasteiger partial charge on any atom is 0.329 e. The number of likely N-dealkylation sites (tertiary alicyclic amines) is 1. The van der Waals surface area contributed by atoms with E-state index in [9.17, 15) is 9.59 Å². The summed E-state index contributed by atoms with van der Waals surface area (Å²) in [6.45, 7) is 2.18. The lowest BCUT2D eigenvalue weighted by molar-refractivity contribution is -0.174. The number of carbonyl (C=O) groups excluding carboxylic acids is 1. The van der Waals surface area contributed by atoms with E-state index in [0.29, 0.717) is 13.1 Å². The molecular formula is C12H16N2O4S. The number of thiophene rings is 1. The molecule has 1 unspecified atom stereocenters. The lowest BCUT2D eigenvalue weighted by Crippen LogP contribution is -2.64. The first-order valence-corrected chi connectivity index (χ1v) is 6.73. The van der Waals surface area contributed by atoms with E-state index in [2.05, 4.69) is 0 Å². The second-order valence-corrected chi connectivity index (χ2v) is 5.80. The van der Waals surface area contributed by atoms with Crippen molar-refractivity contribution in [3.63, 3.8) is 0 Å². The number of carboxylic acids is 1. The molecule has 1 amide bonds. The Morgan fingerprint density at radius 2 is 2.32 bits per heavy atom. The Hall–Kier alpha value is -1.44. The largest absolute Gasteiger partial charge is 0.480 e. The number of hydrogen-bond donors (Lipinski definition) is 2. The first-order chi connectivity index (χ1) is 8.91. The molecule has 2 rings (SSSR count). The van der Waals surface area contributed by atoms with Crippen molar-refractivity contribution >= 4 is 23.2 Å². The molecule has 0 spiro atoms.